The van der Waals surface area contributed by atoms with Gasteiger partial charge < -0.3 is 16.4 Å². The maximum atomic E-state index is 7.22. The van der Waals surface area contributed by atoms with Gasteiger partial charge in [-0.1, -0.05) is 0 Å². The van der Waals surface area contributed by atoms with Crippen LogP contribution in [0.25, 0.3) is 0 Å². The molecule has 80 valence electrons. The summed E-state index contributed by atoms with van der Waals surface area (Å²) in [7, 11) is 0. The molecule has 6 heteroatoms. The number of rotatable bonds is 1. The van der Waals surface area contributed by atoms with Crippen LogP contribution < -0.4 is 11.5 Å². The fourth-order valence-electron chi connectivity index (χ4n) is 1.48. The van der Waals surface area contributed by atoms with Gasteiger partial charge in [0.1, 0.15) is 0 Å². The van der Waals surface area contributed by atoms with Crippen molar-refractivity contribution in [1.82, 2.24) is 4.90 Å². The first-order chi connectivity index (χ1) is 5.24. The number of likely N-dealkylation sites (tertiary alicyclic amines) is 1. The maximum Gasteiger partial charge on any atom is 0.188 e. The molecule has 5 N–H and O–H groups in total. The lowest BCUT2D eigenvalue weighted by atomic mass is 9.99. The standard InChI is InChI=1S/C7H16N4.2ClH/c8-4-6-2-1-3-11(5-6)7(9)10;;/h6H,1-5,8H2,(H3,9,10);2*1H/t6-;;/m0../s1. The maximum absolute atomic E-state index is 7.22. The van der Waals surface area contributed by atoms with E-state index >= 15 is 0 Å². The van der Waals surface area contributed by atoms with Crippen molar-refractivity contribution in [2.24, 2.45) is 17.4 Å². The van der Waals surface area contributed by atoms with Crippen LogP contribution in [0, 0.1) is 11.3 Å². The summed E-state index contributed by atoms with van der Waals surface area (Å²) in [4.78, 5) is 1.89. The van der Waals surface area contributed by atoms with E-state index in [2.05, 4.69) is 0 Å². The molecule has 0 unspecified atom stereocenters. The largest absolute Gasteiger partial charge is 0.370 e. The first-order valence-corrected chi connectivity index (χ1v) is 4.03. The second-order valence-electron chi connectivity index (χ2n) is 3.08. The van der Waals surface area contributed by atoms with Crippen molar-refractivity contribution in [2.75, 3.05) is 19.6 Å². The van der Waals surface area contributed by atoms with E-state index in [0.29, 0.717) is 12.5 Å². The Morgan fingerprint density at radius 3 is 2.54 bits per heavy atom. The van der Waals surface area contributed by atoms with Crippen molar-refractivity contribution in [3.05, 3.63) is 0 Å². The molecule has 1 saturated heterocycles. The fourth-order valence-corrected chi connectivity index (χ4v) is 1.48. The Balaban J connectivity index is 0. The summed E-state index contributed by atoms with van der Waals surface area (Å²) in [6, 6.07) is 0. The van der Waals surface area contributed by atoms with Crippen LogP contribution in [0.4, 0.5) is 0 Å². The van der Waals surface area contributed by atoms with Crippen molar-refractivity contribution in [2.45, 2.75) is 12.8 Å². The van der Waals surface area contributed by atoms with Gasteiger partial charge in [0.2, 0.25) is 0 Å². The number of nitrogens with zero attached hydrogens (tertiary/aromatic N) is 1. The van der Waals surface area contributed by atoms with E-state index in [-0.39, 0.29) is 30.8 Å². The van der Waals surface area contributed by atoms with Crippen LogP contribution in [0.1, 0.15) is 12.8 Å². The minimum Gasteiger partial charge on any atom is -0.370 e. The molecule has 0 spiro atoms. The Labute approximate surface area is 91.4 Å². The molecule has 1 heterocycles. The molecule has 0 amide bonds. The summed E-state index contributed by atoms with van der Waals surface area (Å²) < 4.78 is 0. The number of piperidine rings is 1. The van der Waals surface area contributed by atoms with Crippen molar-refractivity contribution < 1.29 is 0 Å². The average Bonchev–Trinajstić information content (AvgIpc) is 2.05. The molecule has 0 radical (unpaired) electrons. The van der Waals surface area contributed by atoms with Gasteiger partial charge in [-0.2, -0.15) is 0 Å². The van der Waals surface area contributed by atoms with Gasteiger partial charge in [0.15, 0.2) is 5.96 Å². The van der Waals surface area contributed by atoms with E-state index in [4.69, 9.17) is 16.9 Å². The second kappa shape index (κ2) is 7.24. The Hall–Kier alpha value is -0.190. The molecule has 1 rings (SSSR count). The van der Waals surface area contributed by atoms with Gasteiger partial charge >= 0.3 is 0 Å². The van der Waals surface area contributed by atoms with Crippen LogP contribution in [0.3, 0.4) is 0 Å². The molecule has 0 bridgehead atoms. The third-order valence-corrected chi connectivity index (χ3v) is 2.19. The van der Waals surface area contributed by atoms with Crippen LogP contribution in [-0.4, -0.2) is 30.5 Å². The van der Waals surface area contributed by atoms with E-state index in [1.807, 2.05) is 4.90 Å². The first kappa shape index (κ1) is 15.3. The molecule has 13 heavy (non-hydrogen) atoms. The molecular weight excluding hydrogens is 211 g/mol. The Kier molecular flexibility index (Phi) is 8.51. The molecule has 1 aliphatic heterocycles. The number of hydrogen-bond donors (Lipinski definition) is 3. The summed E-state index contributed by atoms with van der Waals surface area (Å²) in [5, 5.41) is 7.22. The second-order valence-corrected chi connectivity index (χ2v) is 3.08. The van der Waals surface area contributed by atoms with Gasteiger partial charge in [0.05, 0.1) is 0 Å². The Morgan fingerprint density at radius 1 is 1.46 bits per heavy atom. The minimum absolute atomic E-state index is 0. The predicted octanol–water partition coefficient (Wildman–Crippen LogP) is 0.394. The van der Waals surface area contributed by atoms with Gasteiger partial charge in [-0.3, -0.25) is 5.41 Å². The highest BCUT2D eigenvalue weighted by atomic mass is 35.5. The topological polar surface area (TPSA) is 79.1 Å². The summed E-state index contributed by atoms with van der Waals surface area (Å²) in [6.45, 7) is 2.50. The zero-order valence-electron chi connectivity index (χ0n) is 7.53. The molecule has 0 aromatic carbocycles. The van der Waals surface area contributed by atoms with Gasteiger partial charge in [0.25, 0.3) is 0 Å². The normalized spacial score (nSPS) is 21.3. The molecular formula is C7H18Cl2N4. The van der Waals surface area contributed by atoms with Crippen molar-refractivity contribution >= 4 is 30.8 Å². The summed E-state index contributed by atoms with van der Waals surface area (Å²) in [6.07, 6.45) is 2.29. The van der Waals surface area contributed by atoms with E-state index < -0.39 is 0 Å². The monoisotopic (exact) mass is 228 g/mol. The van der Waals surface area contributed by atoms with Crippen molar-refractivity contribution in [3.63, 3.8) is 0 Å². The van der Waals surface area contributed by atoms with Gasteiger partial charge in [-0.15, -0.1) is 24.8 Å². The summed E-state index contributed by atoms with van der Waals surface area (Å²) >= 11 is 0. The molecule has 0 aliphatic carbocycles. The molecule has 1 fully saturated rings. The number of nitrogens with one attached hydrogen (secondary N) is 1. The van der Waals surface area contributed by atoms with Crippen LogP contribution in [0.15, 0.2) is 0 Å². The smallest absolute Gasteiger partial charge is 0.188 e. The van der Waals surface area contributed by atoms with Gasteiger partial charge in [0, 0.05) is 13.1 Å². The van der Waals surface area contributed by atoms with E-state index in [9.17, 15) is 0 Å². The molecule has 1 aliphatic rings. The molecule has 0 aromatic rings. The Bertz CT molecular complexity index is 153. The number of nitrogens with two attached hydrogens (primary N) is 2. The van der Waals surface area contributed by atoms with Gasteiger partial charge in [-0.25, -0.2) is 0 Å². The highest BCUT2D eigenvalue weighted by molar-refractivity contribution is 5.85. The Morgan fingerprint density at radius 2 is 2.08 bits per heavy atom. The molecule has 0 saturated carbocycles. The first-order valence-electron chi connectivity index (χ1n) is 4.03. The zero-order valence-corrected chi connectivity index (χ0v) is 9.16. The van der Waals surface area contributed by atoms with E-state index in [1.165, 1.54) is 6.42 Å². The van der Waals surface area contributed by atoms with Crippen LogP contribution in [0.5, 0.6) is 0 Å². The van der Waals surface area contributed by atoms with Crippen LogP contribution in [0.2, 0.25) is 0 Å². The molecule has 1 atom stereocenters. The summed E-state index contributed by atoms with van der Waals surface area (Å²) in [5.74, 6) is 0.718. The lowest BCUT2D eigenvalue weighted by molar-refractivity contribution is 0.260. The van der Waals surface area contributed by atoms with Gasteiger partial charge in [-0.05, 0) is 25.3 Å². The van der Waals surface area contributed by atoms with Crippen LogP contribution in [-0.2, 0) is 0 Å². The highest BCUT2D eigenvalue weighted by Crippen LogP contribution is 2.13. The van der Waals surface area contributed by atoms with E-state index in [0.717, 1.165) is 19.5 Å². The van der Waals surface area contributed by atoms with E-state index in [1.54, 1.807) is 0 Å². The SMILES string of the molecule is Cl.Cl.N=C(N)N1CCC[C@@H](CN)C1. The third kappa shape index (κ3) is 4.55. The predicted molar refractivity (Wildman–Crippen MR) is 59.8 cm³/mol. The number of halogens is 2. The highest BCUT2D eigenvalue weighted by Gasteiger charge is 2.18. The third-order valence-electron chi connectivity index (χ3n) is 2.19. The fraction of sp³-hybridized carbons (Fsp3) is 0.857. The average molecular weight is 229 g/mol. The molecule has 4 nitrogen and oxygen atoms in total. The summed E-state index contributed by atoms with van der Waals surface area (Å²) in [5.41, 5.74) is 10.9. The van der Waals surface area contributed by atoms with Crippen LogP contribution >= 0.6 is 24.8 Å². The quantitative estimate of drug-likeness (QED) is 0.449. The zero-order chi connectivity index (χ0) is 8.27. The van der Waals surface area contributed by atoms with Crippen molar-refractivity contribution in [1.29, 1.82) is 5.41 Å². The van der Waals surface area contributed by atoms with Crippen molar-refractivity contribution in [3.8, 4) is 0 Å². The lowest BCUT2D eigenvalue weighted by Crippen LogP contribution is -2.45. The number of guanidine groups is 1. The molecule has 0 aromatic heterocycles. The minimum atomic E-state index is 0. The lowest BCUT2D eigenvalue weighted by Gasteiger charge is -2.32. The number of hydrogen-bond acceptors (Lipinski definition) is 2.